The third-order valence-corrected chi connectivity index (χ3v) is 4.20. The van der Waals surface area contributed by atoms with E-state index in [2.05, 4.69) is 34.3 Å². The van der Waals surface area contributed by atoms with Crippen LogP contribution in [0.3, 0.4) is 0 Å². The van der Waals surface area contributed by atoms with Crippen LogP contribution in [0.1, 0.15) is 12.5 Å². The van der Waals surface area contributed by atoms with E-state index in [1.807, 2.05) is 60.7 Å². The van der Waals surface area contributed by atoms with E-state index in [1.165, 1.54) is 5.56 Å². The van der Waals surface area contributed by atoms with Gasteiger partial charge in [-0.05, 0) is 60.5 Å². The number of aromatic nitrogens is 2. The molecule has 0 atom stereocenters. The summed E-state index contributed by atoms with van der Waals surface area (Å²) < 4.78 is 5.83. The van der Waals surface area contributed by atoms with Crippen molar-refractivity contribution in [1.82, 2.24) is 9.97 Å². The van der Waals surface area contributed by atoms with Crippen LogP contribution in [0, 0.1) is 0 Å². The quantitative estimate of drug-likeness (QED) is 0.504. The highest BCUT2D eigenvalue weighted by Gasteiger charge is 2.05. The van der Waals surface area contributed by atoms with Gasteiger partial charge in [0.1, 0.15) is 23.6 Å². The Hall–Kier alpha value is -3.40. The SMILES string of the molecule is CCc1ccc2ncnc(Nc3ccc(Oc4ccccc4)cc3)c2c1. The van der Waals surface area contributed by atoms with Crippen molar-refractivity contribution in [3.8, 4) is 11.5 Å². The number of fused-ring (bicyclic) bond motifs is 1. The Balaban J connectivity index is 1.57. The summed E-state index contributed by atoms with van der Waals surface area (Å²) in [5.41, 5.74) is 3.15. The Morgan fingerprint density at radius 3 is 2.38 bits per heavy atom. The molecule has 26 heavy (non-hydrogen) atoms. The number of ether oxygens (including phenoxy) is 1. The van der Waals surface area contributed by atoms with Gasteiger partial charge in [0.25, 0.3) is 0 Å². The first-order valence-electron chi connectivity index (χ1n) is 8.65. The summed E-state index contributed by atoms with van der Waals surface area (Å²) in [7, 11) is 0. The Bertz CT molecular complexity index is 1010. The lowest BCUT2D eigenvalue weighted by Gasteiger charge is -2.10. The van der Waals surface area contributed by atoms with Crippen LogP contribution in [0.4, 0.5) is 11.5 Å². The van der Waals surface area contributed by atoms with Crippen LogP contribution in [0.5, 0.6) is 11.5 Å². The number of anilines is 2. The lowest BCUT2D eigenvalue weighted by Crippen LogP contribution is -1.96. The van der Waals surface area contributed by atoms with Crippen LogP contribution in [0.2, 0.25) is 0 Å². The summed E-state index contributed by atoms with van der Waals surface area (Å²) in [6.07, 6.45) is 2.57. The van der Waals surface area contributed by atoms with Gasteiger partial charge in [0.2, 0.25) is 0 Å². The Morgan fingerprint density at radius 1 is 0.846 bits per heavy atom. The first kappa shape index (κ1) is 16.1. The van der Waals surface area contributed by atoms with E-state index < -0.39 is 0 Å². The average Bonchev–Trinajstić information content (AvgIpc) is 2.70. The topological polar surface area (TPSA) is 47.0 Å². The van der Waals surface area contributed by atoms with Gasteiger partial charge in [-0.15, -0.1) is 0 Å². The zero-order chi connectivity index (χ0) is 17.8. The monoisotopic (exact) mass is 341 g/mol. The fourth-order valence-corrected chi connectivity index (χ4v) is 2.79. The summed E-state index contributed by atoms with van der Waals surface area (Å²) in [5, 5.41) is 4.41. The molecule has 0 saturated carbocycles. The number of aryl methyl sites for hydroxylation is 1. The lowest BCUT2D eigenvalue weighted by atomic mass is 10.1. The largest absolute Gasteiger partial charge is 0.457 e. The molecule has 0 unspecified atom stereocenters. The molecule has 0 fully saturated rings. The van der Waals surface area contributed by atoms with Crippen LogP contribution in [0.15, 0.2) is 79.1 Å². The fourth-order valence-electron chi connectivity index (χ4n) is 2.79. The minimum Gasteiger partial charge on any atom is -0.457 e. The molecule has 0 amide bonds. The van der Waals surface area contributed by atoms with Crippen molar-refractivity contribution in [1.29, 1.82) is 0 Å². The van der Waals surface area contributed by atoms with Crippen molar-refractivity contribution >= 4 is 22.4 Å². The van der Waals surface area contributed by atoms with Gasteiger partial charge >= 0.3 is 0 Å². The zero-order valence-corrected chi connectivity index (χ0v) is 14.5. The molecule has 4 heteroatoms. The van der Waals surface area contributed by atoms with Gasteiger partial charge in [-0.2, -0.15) is 0 Å². The number of hydrogen-bond acceptors (Lipinski definition) is 4. The van der Waals surface area contributed by atoms with Gasteiger partial charge in [0, 0.05) is 11.1 Å². The molecule has 1 aromatic heterocycles. The van der Waals surface area contributed by atoms with E-state index in [0.717, 1.165) is 40.3 Å². The van der Waals surface area contributed by atoms with Crippen LogP contribution in [-0.2, 0) is 6.42 Å². The Kier molecular flexibility index (Phi) is 4.48. The van der Waals surface area contributed by atoms with Crippen molar-refractivity contribution in [3.63, 3.8) is 0 Å². The van der Waals surface area contributed by atoms with Crippen molar-refractivity contribution < 1.29 is 4.74 Å². The highest BCUT2D eigenvalue weighted by molar-refractivity contribution is 5.91. The summed E-state index contributed by atoms with van der Waals surface area (Å²) in [6.45, 7) is 2.14. The fraction of sp³-hybridized carbons (Fsp3) is 0.0909. The van der Waals surface area contributed by atoms with Crippen molar-refractivity contribution in [3.05, 3.63) is 84.7 Å². The molecule has 0 radical (unpaired) electrons. The van der Waals surface area contributed by atoms with Crippen molar-refractivity contribution in [2.45, 2.75) is 13.3 Å². The number of para-hydroxylation sites is 1. The molecule has 1 heterocycles. The summed E-state index contributed by atoms with van der Waals surface area (Å²) in [6, 6.07) is 23.9. The molecule has 0 aliphatic heterocycles. The van der Waals surface area contributed by atoms with Gasteiger partial charge in [0.15, 0.2) is 0 Å². The van der Waals surface area contributed by atoms with Crippen molar-refractivity contribution in [2.75, 3.05) is 5.32 Å². The number of hydrogen-bond donors (Lipinski definition) is 1. The molecule has 0 aliphatic rings. The maximum atomic E-state index is 5.83. The van der Waals surface area contributed by atoms with Crippen LogP contribution < -0.4 is 10.1 Å². The zero-order valence-electron chi connectivity index (χ0n) is 14.5. The number of nitrogens with one attached hydrogen (secondary N) is 1. The van der Waals surface area contributed by atoms with E-state index in [0.29, 0.717) is 0 Å². The van der Waals surface area contributed by atoms with Gasteiger partial charge < -0.3 is 10.1 Å². The maximum absolute atomic E-state index is 5.83. The molecule has 0 saturated heterocycles. The van der Waals surface area contributed by atoms with E-state index in [1.54, 1.807) is 6.33 Å². The molecular weight excluding hydrogens is 322 g/mol. The van der Waals surface area contributed by atoms with Crippen LogP contribution >= 0.6 is 0 Å². The summed E-state index contributed by atoms with van der Waals surface area (Å²) >= 11 is 0. The Morgan fingerprint density at radius 2 is 1.62 bits per heavy atom. The number of benzene rings is 3. The minimum absolute atomic E-state index is 0.794. The van der Waals surface area contributed by atoms with Gasteiger partial charge in [-0.25, -0.2) is 9.97 Å². The highest BCUT2D eigenvalue weighted by atomic mass is 16.5. The first-order chi connectivity index (χ1) is 12.8. The van der Waals surface area contributed by atoms with Crippen molar-refractivity contribution in [2.24, 2.45) is 0 Å². The number of nitrogens with zero attached hydrogens (tertiary/aromatic N) is 2. The molecular formula is C22H19N3O. The molecule has 4 aromatic rings. The molecule has 3 aromatic carbocycles. The molecule has 0 aliphatic carbocycles. The van der Waals surface area contributed by atoms with E-state index in [4.69, 9.17) is 4.74 Å². The molecule has 1 N–H and O–H groups in total. The van der Waals surface area contributed by atoms with E-state index >= 15 is 0 Å². The predicted molar refractivity (Wildman–Crippen MR) is 105 cm³/mol. The third kappa shape index (κ3) is 3.49. The van der Waals surface area contributed by atoms with Gasteiger partial charge in [0.05, 0.1) is 5.52 Å². The van der Waals surface area contributed by atoms with E-state index in [9.17, 15) is 0 Å². The smallest absolute Gasteiger partial charge is 0.141 e. The first-order valence-corrected chi connectivity index (χ1v) is 8.65. The molecule has 4 rings (SSSR count). The second-order valence-electron chi connectivity index (χ2n) is 5.99. The van der Waals surface area contributed by atoms with Gasteiger partial charge in [-0.3, -0.25) is 0 Å². The lowest BCUT2D eigenvalue weighted by molar-refractivity contribution is 0.483. The molecule has 0 bridgehead atoms. The predicted octanol–water partition coefficient (Wildman–Crippen LogP) is 5.73. The Labute approximate surface area is 152 Å². The van der Waals surface area contributed by atoms with Crippen LogP contribution in [-0.4, -0.2) is 9.97 Å². The molecule has 4 nitrogen and oxygen atoms in total. The highest BCUT2D eigenvalue weighted by Crippen LogP contribution is 2.27. The molecule has 0 spiro atoms. The third-order valence-electron chi connectivity index (χ3n) is 4.20. The average molecular weight is 341 g/mol. The second kappa shape index (κ2) is 7.23. The second-order valence-corrected chi connectivity index (χ2v) is 5.99. The van der Waals surface area contributed by atoms with Crippen LogP contribution in [0.25, 0.3) is 10.9 Å². The number of rotatable bonds is 5. The summed E-state index contributed by atoms with van der Waals surface area (Å²) in [4.78, 5) is 8.76. The minimum atomic E-state index is 0.794. The van der Waals surface area contributed by atoms with Gasteiger partial charge in [-0.1, -0.05) is 31.2 Å². The maximum Gasteiger partial charge on any atom is 0.141 e. The standard InChI is InChI=1S/C22H19N3O/c1-2-16-8-13-21-20(14-16)22(24-15-23-21)25-17-9-11-19(12-10-17)26-18-6-4-3-5-7-18/h3-15H,2H2,1H3,(H,23,24,25). The summed E-state index contributed by atoms with van der Waals surface area (Å²) in [5.74, 6) is 2.42. The van der Waals surface area contributed by atoms with E-state index in [-0.39, 0.29) is 0 Å². The normalized spacial score (nSPS) is 10.7. The molecule has 128 valence electrons.